The normalized spacial score (nSPS) is 31.7. The van der Waals surface area contributed by atoms with Crippen molar-refractivity contribution in [2.24, 2.45) is 17.8 Å². The second-order valence-electron chi connectivity index (χ2n) is 13.2. The Kier molecular flexibility index (Phi) is 26.6. The molecule has 6 fully saturated rings. The van der Waals surface area contributed by atoms with Crippen molar-refractivity contribution in [2.45, 2.75) is 98.3 Å². The summed E-state index contributed by atoms with van der Waals surface area (Å²) in [5, 5.41) is 23.0. The van der Waals surface area contributed by atoms with E-state index in [-0.39, 0.29) is 0 Å². The van der Waals surface area contributed by atoms with Crippen LogP contribution < -0.4 is 37.2 Å². The summed E-state index contributed by atoms with van der Waals surface area (Å²) < 4.78 is 10.3. The first kappa shape index (κ1) is 39.7. The Bertz CT molecular complexity index is 473. The summed E-state index contributed by atoms with van der Waals surface area (Å²) in [6, 6.07) is 1.24. The van der Waals surface area contributed by atoms with Gasteiger partial charge in [0.2, 0.25) is 0 Å². The van der Waals surface area contributed by atoms with Crippen molar-refractivity contribution in [1.82, 2.24) is 37.2 Å². The molecule has 252 valence electrons. The van der Waals surface area contributed by atoms with Gasteiger partial charge in [0.15, 0.2) is 0 Å². The van der Waals surface area contributed by atoms with Gasteiger partial charge in [-0.05, 0) is 116 Å². The fourth-order valence-corrected chi connectivity index (χ4v) is 5.15. The molecule has 6 heterocycles. The van der Waals surface area contributed by atoms with Gasteiger partial charge in [0, 0.05) is 51.4 Å². The van der Waals surface area contributed by atoms with E-state index in [0.717, 1.165) is 76.8 Å². The first-order valence-corrected chi connectivity index (χ1v) is 17.6. The zero-order valence-corrected chi connectivity index (χ0v) is 28.6. The molecule has 0 amide bonds. The van der Waals surface area contributed by atoms with E-state index in [9.17, 15) is 0 Å². The predicted octanol–water partition coefficient (Wildman–Crippen LogP) is 2.57. The monoisotopic (exact) mass is 600 g/mol. The van der Waals surface area contributed by atoms with Gasteiger partial charge < -0.3 is 46.7 Å². The van der Waals surface area contributed by atoms with Gasteiger partial charge in [0.25, 0.3) is 0 Å². The van der Waals surface area contributed by atoms with Crippen LogP contribution in [0.4, 0.5) is 0 Å². The highest BCUT2D eigenvalue weighted by atomic mass is 16.5. The fourth-order valence-electron chi connectivity index (χ4n) is 5.15. The van der Waals surface area contributed by atoms with Crippen LogP contribution in [0.25, 0.3) is 0 Å². The van der Waals surface area contributed by atoms with Gasteiger partial charge in [0.1, 0.15) is 0 Å². The van der Waals surface area contributed by atoms with E-state index in [1.165, 1.54) is 77.8 Å². The van der Waals surface area contributed by atoms with Gasteiger partial charge in [-0.2, -0.15) is 0 Å². The molecule has 5 atom stereocenters. The molecule has 0 radical (unpaired) electrons. The van der Waals surface area contributed by atoms with Crippen molar-refractivity contribution in [3.63, 3.8) is 0 Å². The van der Waals surface area contributed by atoms with E-state index in [1.54, 1.807) is 0 Å². The topological polar surface area (TPSA) is 103 Å². The molecule has 9 nitrogen and oxygen atoms in total. The molecule has 6 saturated heterocycles. The summed E-state index contributed by atoms with van der Waals surface area (Å²) in [6.07, 6.45) is 8.72. The van der Waals surface area contributed by atoms with E-state index in [2.05, 4.69) is 78.8 Å². The van der Waals surface area contributed by atoms with Gasteiger partial charge in [-0.1, -0.05) is 20.8 Å². The third-order valence-electron chi connectivity index (χ3n) is 8.26. The summed E-state index contributed by atoms with van der Waals surface area (Å²) in [5.74, 6) is 2.87. The molecule has 9 heteroatoms. The van der Waals surface area contributed by atoms with Gasteiger partial charge >= 0.3 is 0 Å². The molecule has 0 aromatic carbocycles. The number of piperidine rings is 1. The van der Waals surface area contributed by atoms with Crippen molar-refractivity contribution < 1.29 is 9.47 Å². The maximum Gasteiger partial charge on any atom is 0.0672 e. The zero-order chi connectivity index (χ0) is 30.7. The summed E-state index contributed by atoms with van der Waals surface area (Å²) in [6.45, 7) is 29.8. The minimum Gasteiger partial charge on any atom is -0.379 e. The molecule has 0 aromatic rings. The Hall–Kier alpha value is -0.360. The summed E-state index contributed by atoms with van der Waals surface area (Å²) >= 11 is 0. The maximum absolute atomic E-state index is 5.22. The number of nitrogens with one attached hydrogen (secondary N) is 7. The molecule has 42 heavy (non-hydrogen) atoms. The van der Waals surface area contributed by atoms with Gasteiger partial charge in [-0.15, -0.1) is 0 Å². The molecule has 6 rings (SSSR count). The molecule has 0 aliphatic carbocycles. The van der Waals surface area contributed by atoms with E-state index in [1.807, 2.05) is 0 Å². The Balaban J connectivity index is 0.000000252. The van der Waals surface area contributed by atoms with Crippen molar-refractivity contribution >= 4 is 0 Å². The Morgan fingerprint density at radius 2 is 1.05 bits per heavy atom. The smallest absolute Gasteiger partial charge is 0.0672 e. The second-order valence-corrected chi connectivity index (χ2v) is 13.2. The van der Waals surface area contributed by atoms with E-state index in [0.29, 0.717) is 18.2 Å². The van der Waals surface area contributed by atoms with Crippen LogP contribution in [0.15, 0.2) is 0 Å². The molecule has 0 saturated carbocycles. The van der Waals surface area contributed by atoms with Crippen molar-refractivity contribution in [3.05, 3.63) is 0 Å². The van der Waals surface area contributed by atoms with Gasteiger partial charge in [-0.3, -0.25) is 0 Å². The largest absolute Gasteiger partial charge is 0.379 e. The number of piperazine rings is 1. The lowest BCUT2D eigenvalue weighted by Crippen LogP contribution is -2.46. The van der Waals surface area contributed by atoms with E-state index in [4.69, 9.17) is 9.47 Å². The Morgan fingerprint density at radius 3 is 1.40 bits per heavy atom. The summed E-state index contributed by atoms with van der Waals surface area (Å²) in [4.78, 5) is 0. The molecule has 6 aliphatic heterocycles. The molecule has 0 spiro atoms. The third-order valence-corrected chi connectivity index (χ3v) is 8.26. The third kappa shape index (κ3) is 26.1. The van der Waals surface area contributed by atoms with Crippen molar-refractivity contribution in [3.8, 4) is 0 Å². The highest BCUT2D eigenvalue weighted by Crippen LogP contribution is 2.11. The highest BCUT2D eigenvalue weighted by Gasteiger charge is 2.08. The van der Waals surface area contributed by atoms with Crippen LogP contribution >= 0.6 is 0 Å². The lowest BCUT2D eigenvalue weighted by Gasteiger charge is -2.19. The Morgan fingerprint density at radius 1 is 0.452 bits per heavy atom. The van der Waals surface area contributed by atoms with Crippen molar-refractivity contribution in [1.29, 1.82) is 0 Å². The quantitative estimate of drug-likeness (QED) is 0.227. The fraction of sp³-hybridized carbons (Fsp3) is 1.00. The number of rotatable bonds is 0. The zero-order valence-electron chi connectivity index (χ0n) is 28.6. The molecular weight excluding hydrogens is 526 g/mol. The Labute approximate surface area is 260 Å². The molecule has 6 aliphatic rings. The molecule has 0 aromatic heterocycles. The number of hydrogen-bond donors (Lipinski definition) is 7. The minimum atomic E-state index is 0.425. The predicted molar refractivity (Wildman–Crippen MR) is 181 cm³/mol. The van der Waals surface area contributed by atoms with E-state index >= 15 is 0 Å². The molecule has 7 N–H and O–H groups in total. The first-order chi connectivity index (χ1) is 20.4. The minimum absolute atomic E-state index is 0.425. The van der Waals surface area contributed by atoms with Crippen LogP contribution in [0, 0.1) is 17.8 Å². The van der Waals surface area contributed by atoms with Crippen LogP contribution in [0.3, 0.4) is 0 Å². The first-order valence-electron chi connectivity index (χ1n) is 17.6. The van der Waals surface area contributed by atoms with Crippen LogP contribution in [-0.4, -0.2) is 117 Å². The lowest BCUT2D eigenvalue weighted by molar-refractivity contribution is 0.0410. The SMILES string of the molecule is CC1CCCNCC1.CC1CCNC1.CC1CCNCC1.CC1CNCCN1.CC1CNCCO1.CC1COCCN1. The van der Waals surface area contributed by atoms with E-state index < -0.39 is 0 Å². The average molecular weight is 600 g/mol. The highest BCUT2D eigenvalue weighted by molar-refractivity contribution is 4.69. The maximum atomic E-state index is 5.22. The summed E-state index contributed by atoms with van der Waals surface area (Å²) in [7, 11) is 0. The molecule has 0 bridgehead atoms. The number of ether oxygens (including phenoxy) is 2. The van der Waals surface area contributed by atoms with Gasteiger partial charge in [0.05, 0.1) is 25.9 Å². The number of hydrogen-bond acceptors (Lipinski definition) is 9. The average Bonchev–Trinajstić information content (AvgIpc) is 3.36. The number of morpholine rings is 2. The van der Waals surface area contributed by atoms with Crippen molar-refractivity contribution in [2.75, 3.05) is 98.4 Å². The van der Waals surface area contributed by atoms with Gasteiger partial charge in [-0.25, -0.2) is 0 Å². The van der Waals surface area contributed by atoms with Crippen LogP contribution in [-0.2, 0) is 9.47 Å². The lowest BCUT2D eigenvalue weighted by atomic mass is 10.0. The molecular formula is C33H73N7O2. The van der Waals surface area contributed by atoms with Crippen LogP contribution in [0.1, 0.15) is 80.1 Å². The standard InChI is InChI=1S/C7H15N.C6H13N.C5H12N2.2C5H11NO.C5H11N/c1-7-3-2-5-8-6-4-7;1-6-2-4-7-5-3-6;1-5-4-6-2-3-7-5;1-5-4-7-3-2-6-5;1-5-4-6-2-3-7-5;1-5-2-3-6-4-5/h7-8H,2-6H2,1H3;6-7H,2-5H2,1H3;5-7H,2-4H2,1H3;2*5-6H,2-4H2,1H3;5-6H,2-4H2,1H3. The van der Waals surface area contributed by atoms with Crippen LogP contribution in [0.2, 0.25) is 0 Å². The molecule has 5 unspecified atom stereocenters. The second kappa shape index (κ2) is 28.1. The summed E-state index contributed by atoms with van der Waals surface area (Å²) in [5.41, 5.74) is 0. The van der Waals surface area contributed by atoms with Crippen LogP contribution in [0.5, 0.6) is 0 Å².